The zero-order valence-electron chi connectivity index (χ0n) is 7.51. The molecule has 0 aromatic rings. The van der Waals surface area contributed by atoms with Crippen molar-refractivity contribution in [3.8, 4) is 0 Å². The number of carboxylic acid groups (broad SMARTS) is 2. The first-order chi connectivity index (χ1) is 6.57. The number of aliphatic hydroxyl groups is 1. The first-order valence-corrected chi connectivity index (χ1v) is 4.05. The predicted octanol–water partition coefficient (Wildman–Crippen LogP) is -0.0343. The summed E-state index contributed by atoms with van der Waals surface area (Å²) in [6.07, 6.45) is 1.94. The van der Waals surface area contributed by atoms with E-state index in [0.29, 0.717) is 0 Å². The average Bonchev–Trinajstić information content (AvgIpc) is 2.10. The zero-order valence-corrected chi connectivity index (χ0v) is 7.51. The van der Waals surface area contributed by atoms with Gasteiger partial charge >= 0.3 is 11.9 Å². The van der Waals surface area contributed by atoms with Gasteiger partial charge in [-0.3, -0.25) is 9.59 Å². The summed E-state index contributed by atoms with van der Waals surface area (Å²) in [6, 6.07) is -0.901. The molecule has 0 fully saturated rings. The molecule has 80 valence electrons. The number of hydrogen-bond donors (Lipinski definition) is 4. The highest BCUT2D eigenvalue weighted by atomic mass is 16.4. The monoisotopic (exact) mass is 203 g/mol. The van der Waals surface area contributed by atoms with Crippen molar-refractivity contribution in [1.29, 1.82) is 0 Å². The summed E-state index contributed by atoms with van der Waals surface area (Å²) in [6.45, 7) is 0.188. The van der Waals surface area contributed by atoms with E-state index in [0.717, 1.165) is 6.26 Å². The molecule has 0 spiro atoms. The molecular formula is C8H13NO5. The minimum absolute atomic E-state index is 0.0178. The number of carboxylic acids is 2. The van der Waals surface area contributed by atoms with Crippen LogP contribution in [0.2, 0.25) is 0 Å². The molecule has 6 heteroatoms. The van der Waals surface area contributed by atoms with E-state index >= 15 is 0 Å². The fourth-order valence-electron chi connectivity index (χ4n) is 0.844. The molecule has 0 rings (SSSR count). The Kier molecular flexibility index (Phi) is 6.13. The van der Waals surface area contributed by atoms with Gasteiger partial charge in [0.05, 0.1) is 6.26 Å². The third kappa shape index (κ3) is 6.01. The van der Waals surface area contributed by atoms with Crippen LogP contribution in [0.15, 0.2) is 12.3 Å². The number of rotatable bonds is 7. The van der Waals surface area contributed by atoms with Gasteiger partial charge in [0.1, 0.15) is 6.04 Å². The molecule has 0 aromatic heterocycles. The quantitative estimate of drug-likeness (QED) is 0.433. The van der Waals surface area contributed by atoms with Gasteiger partial charge in [-0.15, -0.1) is 0 Å². The summed E-state index contributed by atoms with van der Waals surface area (Å²) in [5, 5.41) is 27.8. The molecular weight excluding hydrogens is 190 g/mol. The van der Waals surface area contributed by atoms with E-state index in [-0.39, 0.29) is 19.4 Å². The molecule has 0 heterocycles. The third-order valence-corrected chi connectivity index (χ3v) is 1.53. The van der Waals surface area contributed by atoms with Gasteiger partial charge in [0.2, 0.25) is 0 Å². The summed E-state index contributed by atoms with van der Waals surface area (Å²) in [5.74, 6) is -2.13. The highest BCUT2D eigenvalue weighted by Gasteiger charge is 2.16. The summed E-state index contributed by atoms with van der Waals surface area (Å²) >= 11 is 0. The molecule has 1 atom stereocenters. The van der Waals surface area contributed by atoms with E-state index in [1.165, 1.54) is 6.08 Å². The van der Waals surface area contributed by atoms with Gasteiger partial charge in [-0.05, 0) is 12.5 Å². The molecule has 0 aliphatic heterocycles. The lowest BCUT2D eigenvalue weighted by Crippen LogP contribution is -2.37. The lowest BCUT2D eigenvalue weighted by molar-refractivity contribution is -0.140. The second-order valence-electron chi connectivity index (χ2n) is 2.62. The van der Waals surface area contributed by atoms with Crippen LogP contribution in [0.5, 0.6) is 0 Å². The largest absolute Gasteiger partial charge is 0.516 e. The molecule has 6 nitrogen and oxygen atoms in total. The van der Waals surface area contributed by atoms with Gasteiger partial charge in [0.15, 0.2) is 0 Å². The van der Waals surface area contributed by atoms with E-state index in [9.17, 15) is 9.59 Å². The Bertz CT molecular complexity index is 226. The molecule has 14 heavy (non-hydrogen) atoms. The first kappa shape index (κ1) is 12.4. The molecule has 0 amide bonds. The van der Waals surface area contributed by atoms with Crippen LogP contribution in [-0.4, -0.2) is 39.8 Å². The number of nitrogens with one attached hydrogen (secondary N) is 1. The summed E-state index contributed by atoms with van der Waals surface area (Å²) in [4.78, 5) is 20.7. The van der Waals surface area contributed by atoms with Crippen LogP contribution in [0.3, 0.4) is 0 Å². The fourth-order valence-corrected chi connectivity index (χ4v) is 0.844. The van der Waals surface area contributed by atoms with Crippen molar-refractivity contribution in [3.63, 3.8) is 0 Å². The van der Waals surface area contributed by atoms with E-state index in [2.05, 4.69) is 5.32 Å². The minimum Gasteiger partial charge on any atom is -0.516 e. The van der Waals surface area contributed by atoms with Crippen molar-refractivity contribution in [1.82, 2.24) is 5.32 Å². The Labute approximate surface area is 80.9 Å². The Morgan fingerprint density at radius 2 is 2.00 bits per heavy atom. The van der Waals surface area contributed by atoms with Crippen LogP contribution in [-0.2, 0) is 9.59 Å². The van der Waals surface area contributed by atoms with Crippen molar-refractivity contribution in [2.75, 3.05) is 6.54 Å². The van der Waals surface area contributed by atoms with Crippen LogP contribution < -0.4 is 5.32 Å². The highest BCUT2D eigenvalue weighted by molar-refractivity contribution is 5.75. The average molecular weight is 203 g/mol. The molecule has 0 bridgehead atoms. The lowest BCUT2D eigenvalue weighted by Gasteiger charge is -2.11. The minimum atomic E-state index is -1.10. The highest BCUT2D eigenvalue weighted by Crippen LogP contribution is 1.97. The number of carbonyl (C=O) groups is 2. The standard InChI is InChI=1S/C8H13NO5/c10-5-1-4-9-6(8(13)14)2-3-7(11)12/h1,5-6,9-10H,2-4H2,(H,11,12)(H,13,14)/t6-/m0/s1. The van der Waals surface area contributed by atoms with Gasteiger partial charge in [0, 0.05) is 13.0 Å². The Hall–Kier alpha value is -1.56. The normalized spacial score (nSPS) is 12.9. The predicted molar refractivity (Wildman–Crippen MR) is 48.1 cm³/mol. The fraction of sp³-hybridized carbons (Fsp3) is 0.500. The van der Waals surface area contributed by atoms with Crippen molar-refractivity contribution in [3.05, 3.63) is 12.3 Å². The molecule has 0 aromatic carbocycles. The van der Waals surface area contributed by atoms with E-state index in [1.807, 2.05) is 0 Å². The van der Waals surface area contributed by atoms with E-state index < -0.39 is 18.0 Å². The van der Waals surface area contributed by atoms with Gasteiger partial charge in [-0.25, -0.2) is 0 Å². The topological polar surface area (TPSA) is 107 Å². The van der Waals surface area contributed by atoms with Crippen LogP contribution in [0.25, 0.3) is 0 Å². The lowest BCUT2D eigenvalue weighted by atomic mass is 10.1. The second-order valence-corrected chi connectivity index (χ2v) is 2.62. The maximum atomic E-state index is 10.6. The maximum Gasteiger partial charge on any atom is 0.320 e. The molecule has 4 N–H and O–H groups in total. The van der Waals surface area contributed by atoms with Gasteiger partial charge in [-0.1, -0.05) is 0 Å². The molecule has 0 unspecified atom stereocenters. The van der Waals surface area contributed by atoms with Crippen LogP contribution in [0.1, 0.15) is 12.8 Å². The molecule has 0 aliphatic carbocycles. The van der Waals surface area contributed by atoms with E-state index in [1.54, 1.807) is 0 Å². The zero-order chi connectivity index (χ0) is 11.0. The maximum absolute atomic E-state index is 10.6. The summed E-state index contributed by atoms with van der Waals surface area (Å²) < 4.78 is 0. The van der Waals surface area contributed by atoms with Gasteiger partial charge in [0.25, 0.3) is 0 Å². The third-order valence-electron chi connectivity index (χ3n) is 1.53. The second kappa shape index (κ2) is 6.90. The Morgan fingerprint density at radius 3 is 2.43 bits per heavy atom. The van der Waals surface area contributed by atoms with Crippen LogP contribution in [0.4, 0.5) is 0 Å². The van der Waals surface area contributed by atoms with Crippen molar-refractivity contribution in [2.24, 2.45) is 0 Å². The Balaban J connectivity index is 3.89. The number of aliphatic hydroxyl groups excluding tert-OH is 1. The van der Waals surface area contributed by atoms with Crippen LogP contribution in [0, 0.1) is 0 Å². The molecule has 0 saturated carbocycles. The summed E-state index contributed by atoms with van der Waals surface area (Å²) in [7, 11) is 0. The van der Waals surface area contributed by atoms with Crippen LogP contribution >= 0.6 is 0 Å². The number of hydrogen-bond acceptors (Lipinski definition) is 4. The molecule has 0 saturated heterocycles. The van der Waals surface area contributed by atoms with Crippen molar-refractivity contribution < 1.29 is 24.9 Å². The van der Waals surface area contributed by atoms with Crippen molar-refractivity contribution >= 4 is 11.9 Å². The Morgan fingerprint density at radius 1 is 1.36 bits per heavy atom. The van der Waals surface area contributed by atoms with Crippen molar-refractivity contribution in [2.45, 2.75) is 18.9 Å². The summed E-state index contributed by atoms with van der Waals surface area (Å²) in [5.41, 5.74) is 0. The van der Waals surface area contributed by atoms with E-state index in [4.69, 9.17) is 15.3 Å². The first-order valence-electron chi connectivity index (χ1n) is 4.05. The molecule has 0 aliphatic rings. The molecule has 0 radical (unpaired) electrons. The van der Waals surface area contributed by atoms with Gasteiger partial charge in [-0.2, -0.15) is 0 Å². The smallest absolute Gasteiger partial charge is 0.320 e. The van der Waals surface area contributed by atoms with Gasteiger partial charge < -0.3 is 20.6 Å². The SMILES string of the molecule is O=C(O)CC[C@H](NCC=CO)C(=O)O. The number of aliphatic carboxylic acids is 2.